The molecule has 1 unspecified atom stereocenters. The van der Waals surface area contributed by atoms with Gasteiger partial charge in [-0.1, -0.05) is 19.8 Å². The van der Waals surface area contributed by atoms with E-state index in [1.54, 1.807) is 0 Å². The van der Waals surface area contributed by atoms with Gasteiger partial charge in [-0.15, -0.1) is 0 Å². The summed E-state index contributed by atoms with van der Waals surface area (Å²) in [5.41, 5.74) is 3.59. The van der Waals surface area contributed by atoms with Gasteiger partial charge in [0.2, 0.25) is 11.8 Å². The Kier molecular flexibility index (Phi) is 5.04. The Balaban J connectivity index is 1.98. The third-order valence-corrected chi connectivity index (χ3v) is 4.63. The molecule has 2 N–H and O–H groups in total. The molecule has 0 saturated carbocycles. The molecule has 3 rings (SSSR count). The van der Waals surface area contributed by atoms with Crippen molar-refractivity contribution >= 4 is 28.9 Å². The average Bonchev–Trinajstić information content (AvgIpc) is 2.86. The minimum Gasteiger partial charge on any atom is -0.378 e. The quantitative estimate of drug-likeness (QED) is 0.870. The van der Waals surface area contributed by atoms with E-state index in [4.69, 9.17) is 4.74 Å². The van der Waals surface area contributed by atoms with Crippen LogP contribution in [0.3, 0.4) is 0 Å². The monoisotopic (exact) mass is 331 g/mol. The number of ether oxygens (including phenoxy) is 1. The second-order valence-corrected chi connectivity index (χ2v) is 6.42. The van der Waals surface area contributed by atoms with Crippen molar-refractivity contribution in [3.63, 3.8) is 0 Å². The number of benzene rings is 1. The van der Waals surface area contributed by atoms with Crippen molar-refractivity contribution < 1.29 is 14.3 Å². The van der Waals surface area contributed by atoms with Gasteiger partial charge in [-0.2, -0.15) is 0 Å². The van der Waals surface area contributed by atoms with Crippen molar-refractivity contribution in [2.45, 2.75) is 39.0 Å². The van der Waals surface area contributed by atoms with Crippen LogP contribution in [-0.2, 0) is 14.3 Å². The van der Waals surface area contributed by atoms with Gasteiger partial charge in [0.15, 0.2) is 0 Å². The molecule has 6 heteroatoms. The fourth-order valence-corrected chi connectivity index (χ4v) is 3.41. The van der Waals surface area contributed by atoms with E-state index in [0.29, 0.717) is 13.2 Å². The van der Waals surface area contributed by atoms with E-state index in [9.17, 15) is 9.59 Å². The van der Waals surface area contributed by atoms with Gasteiger partial charge >= 0.3 is 0 Å². The molecule has 2 amide bonds. The molecule has 1 atom stereocenters. The number of carbonyl (C=O) groups is 2. The highest BCUT2D eigenvalue weighted by Crippen LogP contribution is 2.42. The van der Waals surface area contributed by atoms with Gasteiger partial charge in [-0.3, -0.25) is 9.59 Å². The minimum absolute atomic E-state index is 0.0614. The summed E-state index contributed by atoms with van der Waals surface area (Å²) in [4.78, 5) is 26.1. The molecule has 6 nitrogen and oxygen atoms in total. The van der Waals surface area contributed by atoms with Crippen LogP contribution in [-0.4, -0.2) is 38.1 Å². The Labute approximate surface area is 142 Å². The van der Waals surface area contributed by atoms with Crippen LogP contribution in [0.25, 0.3) is 0 Å². The molecular formula is C18H25N3O3. The summed E-state index contributed by atoms with van der Waals surface area (Å²) in [6, 6.07) is 3.97. The summed E-state index contributed by atoms with van der Waals surface area (Å²) < 4.78 is 5.43. The van der Waals surface area contributed by atoms with E-state index in [2.05, 4.69) is 28.5 Å². The first kappa shape index (κ1) is 16.8. The molecule has 0 aromatic heterocycles. The van der Waals surface area contributed by atoms with Crippen LogP contribution in [0, 0.1) is 0 Å². The Hall–Kier alpha value is -2.08. The standard InChI is InChI=1S/C18H25N3O3/c1-3-4-5-13-14-10-17(21-6-8-24-9-7-21)16(19-12(2)22)11-15(14)20-18(13)23/h10-11,13H,3-9H2,1-2H3,(H,19,22)(H,20,23). The number of carbonyl (C=O) groups excluding carboxylic acids is 2. The first-order valence-corrected chi connectivity index (χ1v) is 8.69. The maximum atomic E-state index is 12.3. The summed E-state index contributed by atoms with van der Waals surface area (Å²) in [5.74, 6) is -0.145. The smallest absolute Gasteiger partial charge is 0.232 e. The molecule has 130 valence electrons. The molecule has 0 radical (unpaired) electrons. The Morgan fingerprint density at radius 2 is 2.12 bits per heavy atom. The zero-order chi connectivity index (χ0) is 17.1. The highest BCUT2D eigenvalue weighted by molar-refractivity contribution is 6.05. The largest absolute Gasteiger partial charge is 0.378 e. The van der Waals surface area contributed by atoms with Crippen molar-refractivity contribution in [3.8, 4) is 0 Å². The minimum atomic E-state index is -0.115. The predicted molar refractivity (Wildman–Crippen MR) is 94.7 cm³/mol. The molecular weight excluding hydrogens is 306 g/mol. The molecule has 1 saturated heterocycles. The third-order valence-electron chi connectivity index (χ3n) is 4.63. The average molecular weight is 331 g/mol. The number of amides is 2. The lowest BCUT2D eigenvalue weighted by Gasteiger charge is -2.31. The van der Waals surface area contributed by atoms with Crippen LogP contribution in [0.15, 0.2) is 12.1 Å². The van der Waals surface area contributed by atoms with Gasteiger partial charge in [-0.05, 0) is 24.1 Å². The number of hydrogen-bond acceptors (Lipinski definition) is 4. The van der Waals surface area contributed by atoms with Crippen LogP contribution in [0.2, 0.25) is 0 Å². The SMILES string of the molecule is CCCCC1C(=O)Nc2cc(NC(C)=O)c(N3CCOCC3)cc21. The van der Waals surface area contributed by atoms with Crippen molar-refractivity contribution in [1.29, 1.82) is 0 Å². The highest BCUT2D eigenvalue weighted by Gasteiger charge is 2.32. The van der Waals surface area contributed by atoms with Gasteiger partial charge in [0, 0.05) is 25.7 Å². The molecule has 0 spiro atoms. The van der Waals surface area contributed by atoms with Gasteiger partial charge in [0.05, 0.1) is 30.5 Å². The second kappa shape index (κ2) is 7.21. The van der Waals surface area contributed by atoms with Gasteiger partial charge < -0.3 is 20.3 Å². The van der Waals surface area contributed by atoms with Crippen LogP contribution in [0.1, 0.15) is 44.6 Å². The summed E-state index contributed by atoms with van der Waals surface area (Å²) in [6.45, 7) is 6.55. The molecule has 24 heavy (non-hydrogen) atoms. The molecule has 0 bridgehead atoms. The normalized spacial score (nSPS) is 19.8. The van der Waals surface area contributed by atoms with Crippen molar-refractivity contribution in [1.82, 2.24) is 0 Å². The maximum absolute atomic E-state index is 12.3. The van der Waals surface area contributed by atoms with Crippen LogP contribution in [0.4, 0.5) is 17.1 Å². The zero-order valence-electron chi connectivity index (χ0n) is 14.4. The summed E-state index contributed by atoms with van der Waals surface area (Å²) >= 11 is 0. The van der Waals surface area contributed by atoms with Gasteiger partial charge in [0.1, 0.15) is 0 Å². The molecule has 1 aromatic rings. The maximum Gasteiger partial charge on any atom is 0.232 e. The molecule has 1 fully saturated rings. The molecule has 1 aromatic carbocycles. The number of rotatable bonds is 5. The van der Waals surface area contributed by atoms with Crippen LogP contribution < -0.4 is 15.5 Å². The Bertz CT molecular complexity index is 639. The number of nitrogens with zero attached hydrogens (tertiary/aromatic N) is 1. The van der Waals surface area contributed by atoms with Crippen molar-refractivity contribution in [3.05, 3.63) is 17.7 Å². The second-order valence-electron chi connectivity index (χ2n) is 6.42. The molecule has 0 aliphatic carbocycles. The number of morpholine rings is 1. The number of anilines is 3. The van der Waals surface area contributed by atoms with E-state index in [1.807, 2.05) is 6.07 Å². The van der Waals surface area contributed by atoms with Crippen molar-refractivity contribution in [2.75, 3.05) is 41.8 Å². The summed E-state index contributed by atoms with van der Waals surface area (Å²) in [6.07, 6.45) is 2.95. The lowest BCUT2D eigenvalue weighted by atomic mass is 9.94. The first-order valence-electron chi connectivity index (χ1n) is 8.69. The molecule has 2 aliphatic rings. The Morgan fingerprint density at radius 1 is 1.38 bits per heavy atom. The lowest BCUT2D eigenvalue weighted by molar-refractivity contribution is -0.117. The van der Waals surface area contributed by atoms with E-state index < -0.39 is 0 Å². The zero-order valence-corrected chi connectivity index (χ0v) is 14.4. The summed E-state index contributed by atoms with van der Waals surface area (Å²) in [5, 5.41) is 5.87. The van der Waals surface area contributed by atoms with E-state index in [-0.39, 0.29) is 17.7 Å². The van der Waals surface area contributed by atoms with E-state index in [0.717, 1.165) is 55.0 Å². The van der Waals surface area contributed by atoms with E-state index in [1.165, 1.54) is 6.92 Å². The summed E-state index contributed by atoms with van der Waals surface area (Å²) in [7, 11) is 0. The topological polar surface area (TPSA) is 70.7 Å². The fraction of sp³-hybridized carbons (Fsp3) is 0.556. The van der Waals surface area contributed by atoms with Crippen LogP contribution >= 0.6 is 0 Å². The predicted octanol–water partition coefficient (Wildman–Crippen LogP) is 2.71. The number of unbranched alkanes of at least 4 members (excludes halogenated alkanes) is 1. The number of nitrogens with one attached hydrogen (secondary N) is 2. The highest BCUT2D eigenvalue weighted by atomic mass is 16.5. The molecule has 2 aliphatic heterocycles. The number of hydrogen-bond donors (Lipinski definition) is 2. The third kappa shape index (κ3) is 3.38. The van der Waals surface area contributed by atoms with Crippen molar-refractivity contribution in [2.24, 2.45) is 0 Å². The number of fused-ring (bicyclic) bond motifs is 1. The van der Waals surface area contributed by atoms with E-state index >= 15 is 0 Å². The molecule has 2 heterocycles. The first-order chi connectivity index (χ1) is 11.6. The lowest BCUT2D eigenvalue weighted by Crippen LogP contribution is -2.36. The van der Waals surface area contributed by atoms with Crippen LogP contribution in [0.5, 0.6) is 0 Å². The Morgan fingerprint density at radius 3 is 2.79 bits per heavy atom. The fourth-order valence-electron chi connectivity index (χ4n) is 3.41. The van der Waals surface area contributed by atoms with Gasteiger partial charge in [-0.25, -0.2) is 0 Å². The van der Waals surface area contributed by atoms with Gasteiger partial charge in [0.25, 0.3) is 0 Å².